The third-order valence-electron chi connectivity index (χ3n) is 4.64. The molecule has 3 N–H and O–H groups in total. The number of hydrogen-bond acceptors (Lipinski definition) is 6. The fraction of sp³-hybridized carbons (Fsp3) is 0.174. The molecule has 3 rings (SSSR count). The van der Waals surface area contributed by atoms with Gasteiger partial charge in [-0.15, -0.1) is 0 Å². The Morgan fingerprint density at radius 2 is 1.73 bits per heavy atom. The summed E-state index contributed by atoms with van der Waals surface area (Å²) < 4.78 is 23.6. The summed E-state index contributed by atoms with van der Waals surface area (Å²) in [4.78, 5) is 30.4. The van der Waals surface area contributed by atoms with Crippen LogP contribution in [-0.2, 0) is 16.4 Å². The van der Waals surface area contributed by atoms with E-state index < -0.39 is 9.84 Å². The van der Waals surface area contributed by atoms with Crippen molar-refractivity contribution in [2.24, 2.45) is 0 Å². The standard InChI is InChI=1S/C23H25N5O4S/c1-28(2)23(30)27-21-13-16(11-12-24-21)15-25-20-10-5-4-9-19(20)22(29)26-17-7-6-8-18(14-17)33(3,31)32/h4-14,25H,15H2,1-3H3,(H,26,29)(H,24,27,30). The van der Waals surface area contributed by atoms with Crippen LogP contribution < -0.4 is 16.0 Å². The fourth-order valence-electron chi connectivity index (χ4n) is 2.91. The van der Waals surface area contributed by atoms with Crippen LogP contribution >= 0.6 is 0 Å². The Kier molecular flexibility index (Phi) is 7.29. The molecule has 0 atom stereocenters. The fourth-order valence-corrected chi connectivity index (χ4v) is 3.58. The molecule has 0 unspecified atom stereocenters. The summed E-state index contributed by atoms with van der Waals surface area (Å²) in [5, 5.41) is 8.67. The van der Waals surface area contributed by atoms with Gasteiger partial charge in [0.1, 0.15) is 5.82 Å². The molecule has 1 aromatic heterocycles. The first-order valence-corrected chi connectivity index (χ1v) is 11.9. The van der Waals surface area contributed by atoms with Crippen molar-refractivity contribution in [3.05, 3.63) is 78.0 Å². The van der Waals surface area contributed by atoms with E-state index in [9.17, 15) is 18.0 Å². The SMILES string of the molecule is CN(C)C(=O)Nc1cc(CNc2ccccc2C(=O)Nc2cccc(S(C)(=O)=O)c2)ccn1. The van der Waals surface area contributed by atoms with Crippen LogP contribution in [0.5, 0.6) is 0 Å². The van der Waals surface area contributed by atoms with E-state index in [4.69, 9.17) is 0 Å². The van der Waals surface area contributed by atoms with Crippen molar-refractivity contribution >= 4 is 39.0 Å². The zero-order chi connectivity index (χ0) is 24.0. The second-order valence-corrected chi connectivity index (χ2v) is 9.54. The molecule has 0 bridgehead atoms. The van der Waals surface area contributed by atoms with Crippen LogP contribution in [0.1, 0.15) is 15.9 Å². The lowest BCUT2D eigenvalue weighted by molar-refractivity contribution is 0.102. The number of urea groups is 1. The number of rotatable bonds is 7. The van der Waals surface area contributed by atoms with Crippen molar-refractivity contribution in [3.8, 4) is 0 Å². The van der Waals surface area contributed by atoms with Crippen LogP contribution in [0.2, 0.25) is 0 Å². The smallest absolute Gasteiger partial charge is 0.322 e. The minimum Gasteiger partial charge on any atom is -0.380 e. The highest BCUT2D eigenvalue weighted by Gasteiger charge is 2.13. The number of sulfone groups is 1. The molecule has 2 aromatic carbocycles. The van der Waals surface area contributed by atoms with Gasteiger partial charge in [-0.1, -0.05) is 18.2 Å². The zero-order valence-electron chi connectivity index (χ0n) is 18.5. The van der Waals surface area contributed by atoms with Gasteiger partial charge >= 0.3 is 6.03 Å². The van der Waals surface area contributed by atoms with Crippen molar-refractivity contribution in [1.82, 2.24) is 9.88 Å². The highest BCUT2D eigenvalue weighted by Crippen LogP contribution is 2.20. The van der Waals surface area contributed by atoms with Crippen LogP contribution in [0.25, 0.3) is 0 Å². The summed E-state index contributed by atoms with van der Waals surface area (Å²) in [7, 11) is -0.109. The quantitative estimate of drug-likeness (QED) is 0.490. The predicted molar refractivity (Wildman–Crippen MR) is 128 cm³/mol. The number of nitrogens with one attached hydrogen (secondary N) is 3. The first-order valence-electron chi connectivity index (χ1n) is 10.0. The van der Waals surface area contributed by atoms with E-state index in [1.165, 1.54) is 17.0 Å². The van der Waals surface area contributed by atoms with Crippen LogP contribution in [0.15, 0.2) is 71.8 Å². The highest BCUT2D eigenvalue weighted by atomic mass is 32.2. The number of amides is 3. The van der Waals surface area contributed by atoms with E-state index in [-0.39, 0.29) is 16.8 Å². The third-order valence-corrected chi connectivity index (χ3v) is 5.75. The lowest BCUT2D eigenvalue weighted by Crippen LogP contribution is -2.27. The minimum atomic E-state index is -3.39. The van der Waals surface area contributed by atoms with Gasteiger partial charge in [0.05, 0.1) is 10.5 Å². The molecular weight excluding hydrogens is 442 g/mol. The molecule has 3 aromatic rings. The van der Waals surface area contributed by atoms with Gasteiger partial charge in [0.2, 0.25) is 0 Å². The number of anilines is 3. The summed E-state index contributed by atoms with van der Waals surface area (Å²) in [6, 6.07) is 16.4. The topological polar surface area (TPSA) is 120 Å². The molecule has 33 heavy (non-hydrogen) atoms. The van der Waals surface area contributed by atoms with E-state index in [0.717, 1.165) is 11.8 Å². The Morgan fingerprint density at radius 3 is 2.45 bits per heavy atom. The van der Waals surface area contributed by atoms with Gasteiger partial charge in [0.15, 0.2) is 9.84 Å². The van der Waals surface area contributed by atoms with Gasteiger partial charge in [-0.3, -0.25) is 10.1 Å². The summed E-state index contributed by atoms with van der Waals surface area (Å²) in [5.41, 5.74) is 2.24. The third kappa shape index (κ3) is 6.53. The first kappa shape index (κ1) is 23.7. The summed E-state index contributed by atoms with van der Waals surface area (Å²) >= 11 is 0. The van der Waals surface area contributed by atoms with E-state index >= 15 is 0 Å². The zero-order valence-corrected chi connectivity index (χ0v) is 19.3. The largest absolute Gasteiger partial charge is 0.380 e. The molecule has 0 aliphatic heterocycles. The van der Waals surface area contributed by atoms with Gasteiger partial charge in [0.25, 0.3) is 5.91 Å². The van der Waals surface area contributed by atoms with E-state index in [2.05, 4.69) is 20.9 Å². The maximum absolute atomic E-state index is 12.9. The van der Waals surface area contributed by atoms with Crippen molar-refractivity contribution in [3.63, 3.8) is 0 Å². The summed E-state index contributed by atoms with van der Waals surface area (Å²) in [6.45, 7) is 0.390. The summed E-state index contributed by atoms with van der Waals surface area (Å²) in [5.74, 6) is 0.0437. The highest BCUT2D eigenvalue weighted by molar-refractivity contribution is 7.90. The van der Waals surface area contributed by atoms with E-state index in [0.29, 0.717) is 29.3 Å². The number of nitrogens with zero attached hydrogens (tertiary/aromatic N) is 2. The van der Waals surface area contributed by atoms with Crippen LogP contribution in [-0.4, -0.2) is 50.6 Å². The molecule has 1 heterocycles. The molecule has 0 aliphatic carbocycles. The second kappa shape index (κ2) is 10.1. The van der Waals surface area contributed by atoms with Gasteiger partial charge in [-0.05, 0) is 48.0 Å². The lowest BCUT2D eigenvalue weighted by Gasteiger charge is -2.14. The number of aromatic nitrogens is 1. The predicted octanol–water partition coefficient (Wildman–Crippen LogP) is 3.44. The van der Waals surface area contributed by atoms with Crippen LogP contribution in [0, 0.1) is 0 Å². The van der Waals surface area contributed by atoms with Gasteiger partial charge < -0.3 is 15.5 Å². The molecule has 0 saturated carbocycles. The minimum absolute atomic E-state index is 0.126. The molecule has 172 valence electrons. The number of carbonyl (C=O) groups is 2. The summed E-state index contributed by atoms with van der Waals surface area (Å²) in [6.07, 6.45) is 2.71. The molecule has 0 fully saturated rings. The maximum atomic E-state index is 12.9. The molecule has 3 amide bonds. The molecule has 0 spiro atoms. The van der Waals surface area contributed by atoms with Crippen LogP contribution in [0.3, 0.4) is 0 Å². The van der Waals surface area contributed by atoms with E-state index in [1.807, 2.05) is 0 Å². The molecule has 0 aliphatic rings. The Bertz CT molecular complexity index is 1280. The maximum Gasteiger partial charge on any atom is 0.322 e. The Labute approximate surface area is 192 Å². The van der Waals surface area contributed by atoms with Crippen molar-refractivity contribution < 1.29 is 18.0 Å². The number of para-hydroxylation sites is 1. The number of benzene rings is 2. The normalized spacial score (nSPS) is 10.9. The van der Waals surface area contributed by atoms with E-state index in [1.54, 1.807) is 68.8 Å². The lowest BCUT2D eigenvalue weighted by atomic mass is 10.1. The molecular formula is C23H25N5O4S. The van der Waals surface area contributed by atoms with Gasteiger partial charge in [-0.2, -0.15) is 0 Å². The van der Waals surface area contributed by atoms with Crippen molar-refractivity contribution in [2.45, 2.75) is 11.4 Å². The van der Waals surface area contributed by atoms with Gasteiger partial charge in [0, 0.05) is 44.5 Å². The Hall–Kier alpha value is -3.92. The Balaban J connectivity index is 1.72. The number of pyridine rings is 1. The molecule has 0 radical (unpaired) electrons. The number of hydrogen-bond donors (Lipinski definition) is 3. The molecule has 9 nitrogen and oxygen atoms in total. The molecule has 10 heteroatoms. The van der Waals surface area contributed by atoms with Crippen molar-refractivity contribution in [2.75, 3.05) is 36.3 Å². The average Bonchev–Trinajstić information content (AvgIpc) is 2.77. The van der Waals surface area contributed by atoms with Gasteiger partial charge in [-0.25, -0.2) is 18.2 Å². The first-order chi connectivity index (χ1) is 15.6. The Morgan fingerprint density at radius 1 is 0.970 bits per heavy atom. The van der Waals surface area contributed by atoms with Crippen molar-refractivity contribution in [1.29, 1.82) is 0 Å². The second-order valence-electron chi connectivity index (χ2n) is 7.53. The monoisotopic (exact) mass is 467 g/mol. The number of carbonyl (C=O) groups excluding carboxylic acids is 2. The average molecular weight is 468 g/mol. The molecule has 0 saturated heterocycles. The van der Waals surface area contributed by atoms with Crippen LogP contribution in [0.4, 0.5) is 22.0 Å².